The summed E-state index contributed by atoms with van der Waals surface area (Å²) < 4.78 is 2.42. The molecule has 1 aromatic heterocycles. The molecule has 0 amide bonds. The predicted molar refractivity (Wildman–Crippen MR) is 239 cm³/mol. The van der Waals surface area contributed by atoms with E-state index in [1.807, 2.05) is 0 Å². The lowest BCUT2D eigenvalue weighted by Gasteiger charge is -2.26. The van der Waals surface area contributed by atoms with Crippen molar-refractivity contribution in [3.05, 3.63) is 205 Å². The van der Waals surface area contributed by atoms with Crippen molar-refractivity contribution in [1.29, 1.82) is 0 Å². The van der Waals surface area contributed by atoms with Gasteiger partial charge in [-0.1, -0.05) is 152 Å². The summed E-state index contributed by atoms with van der Waals surface area (Å²) in [5.74, 6) is 0. The van der Waals surface area contributed by atoms with E-state index >= 15 is 0 Å². The molecule has 0 fully saturated rings. The van der Waals surface area contributed by atoms with Crippen LogP contribution in [0.4, 0.5) is 17.1 Å². The molecule has 0 radical (unpaired) electrons. The van der Waals surface area contributed by atoms with Gasteiger partial charge >= 0.3 is 0 Å². The zero-order valence-corrected chi connectivity index (χ0v) is 30.9. The van der Waals surface area contributed by atoms with Crippen LogP contribution in [0.2, 0.25) is 0 Å². The molecule has 10 aromatic rings. The van der Waals surface area contributed by atoms with Gasteiger partial charge in [-0.25, -0.2) is 0 Å². The van der Waals surface area contributed by atoms with E-state index in [-0.39, 0.29) is 0 Å². The summed E-state index contributed by atoms with van der Waals surface area (Å²) in [6, 6.07) is 70.9. The van der Waals surface area contributed by atoms with Gasteiger partial charge in [-0.15, -0.1) is 0 Å². The molecule has 264 valence electrons. The molecule has 0 saturated carbocycles. The number of para-hydroxylation sites is 2. The monoisotopic (exact) mass is 714 g/mol. The number of benzene rings is 9. The maximum Gasteiger partial charge on any atom is 0.0561 e. The maximum atomic E-state index is 2.44. The van der Waals surface area contributed by atoms with E-state index in [0.29, 0.717) is 0 Å². The third-order valence-electron chi connectivity index (χ3n) is 11.6. The van der Waals surface area contributed by atoms with Crippen molar-refractivity contribution >= 4 is 72.6 Å². The fourth-order valence-corrected chi connectivity index (χ4v) is 8.96. The Morgan fingerprint density at radius 3 is 1.50 bits per heavy atom. The first kappa shape index (κ1) is 32.3. The zero-order chi connectivity index (χ0) is 37.0. The summed E-state index contributed by atoms with van der Waals surface area (Å²) in [6.07, 6.45) is 7.02. The van der Waals surface area contributed by atoms with Crippen molar-refractivity contribution in [3.63, 3.8) is 0 Å². The molecule has 1 aliphatic carbocycles. The largest absolute Gasteiger partial charge is 0.310 e. The molecule has 0 N–H and O–H groups in total. The van der Waals surface area contributed by atoms with Gasteiger partial charge in [-0.05, 0) is 122 Å². The minimum absolute atomic E-state index is 1.07. The smallest absolute Gasteiger partial charge is 0.0561 e. The summed E-state index contributed by atoms with van der Waals surface area (Å²) in [5.41, 5.74) is 11.8. The summed E-state index contributed by atoms with van der Waals surface area (Å²) in [7, 11) is 0. The highest BCUT2D eigenvalue weighted by molar-refractivity contribution is 6.11. The number of anilines is 3. The highest BCUT2D eigenvalue weighted by Gasteiger charge is 2.19. The van der Waals surface area contributed by atoms with Crippen molar-refractivity contribution in [3.8, 4) is 27.9 Å². The Bertz CT molecular complexity index is 3210. The first-order chi connectivity index (χ1) is 27.8. The average molecular weight is 715 g/mol. The summed E-state index contributed by atoms with van der Waals surface area (Å²) in [6.45, 7) is 0. The second-order valence-corrected chi connectivity index (χ2v) is 14.8. The standard InChI is InChI=1S/C54H38N2/c1-3-13-37(14-4-1)38-23-25-39(26-24-38)40-27-29-42(30-28-40)56-53-22-12-11-21-50(53)51-34-32-44(36-54(51)56)55(41-15-5-2-6-16-41)43-31-33-49-47-19-8-7-17-45(47)46-18-9-10-20-48(46)52(49)35-43/h1-8,11-36H,9-10H2. The predicted octanol–water partition coefficient (Wildman–Crippen LogP) is 13.2. The molecule has 1 heterocycles. The van der Waals surface area contributed by atoms with Crippen LogP contribution in [0.1, 0.15) is 12.8 Å². The molecule has 1 aliphatic rings. The van der Waals surface area contributed by atoms with E-state index in [2.05, 4.69) is 216 Å². The Labute approximate surface area is 326 Å². The van der Waals surface area contributed by atoms with E-state index < -0.39 is 0 Å². The van der Waals surface area contributed by atoms with E-state index in [1.54, 1.807) is 0 Å². The Hall–Kier alpha value is -7.16. The molecule has 0 bridgehead atoms. The third kappa shape index (κ3) is 5.33. The summed E-state index contributed by atoms with van der Waals surface area (Å²) >= 11 is 0. The van der Waals surface area contributed by atoms with E-state index in [9.17, 15) is 0 Å². The SMILES string of the molecule is C1=c2c(c3cc(N(c4ccccc4)c4ccc5c6ccccc6n(-c6ccc(-c7ccc(-c8ccccc8)cc7)cc6)c5c4)ccc3c3ccccc23)=CCC1. The highest BCUT2D eigenvalue weighted by Crippen LogP contribution is 2.41. The van der Waals surface area contributed by atoms with Crippen LogP contribution in [0, 0.1) is 0 Å². The van der Waals surface area contributed by atoms with Crippen LogP contribution in [0.25, 0.3) is 83.4 Å². The molecule has 9 aromatic carbocycles. The number of aromatic nitrogens is 1. The van der Waals surface area contributed by atoms with Crippen LogP contribution in [0.5, 0.6) is 0 Å². The van der Waals surface area contributed by atoms with E-state index in [0.717, 1.165) is 35.6 Å². The molecule has 11 rings (SSSR count). The lowest BCUT2D eigenvalue weighted by molar-refractivity contribution is 1.13. The average Bonchev–Trinajstić information content (AvgIpc) is 3.61. The molecule has 0 unspecified atom stereocenters. The number of nitrogens with zero attached hydrogens (tertiary/aromatic N) is 2. The molecule has 0 aliphatic heterocycles. The molecule has 0 saturated heterocycles. The van der Waals surface area contributed by atoms with Gasteiger partial charge in [-0.3, -0.25) is 0 Å². The first-order valence-corrected chi connectivity index (χ1v) is 19.6. The number of hydrogen-bond acceptors (Lipinski definition) is 1. The fraction of sp³-hybridized carbons (Fsp3) is 0.0370. The van der Waals surface area contributed by atoms with Crippen LogP contribution >= 0.6 is 0 Å². The van der Waals surface area contributed by atoms with E-state index in [1.165, 1.54) is 76.0 Å². The highest BCUT2D eigenvalue weighted by atomic mass is 15.1. The third-order valence-corrected chi connectivity index (χ3v) is 11.6. The molecular weight excluding hydrogens is 677 g/mol. The normalized spacial score (nSPS) is 12.4. The first-order valence-electron chi connectivity index (χ1n) is 19.6. The Kier molecular flexibility index (Phi) is 7.67. The van der Waals surface area contributed by atoms with Gasteiger partial charge in [0.2, 0.25) is 0 Å². The van der Waals surface area contributed by atoms with Gasteiger partial charge in [0.25, 0.3) is 0 Å². The second-order valence-electron chi connectivity index (χ2n) is 14.8. The van der Waals surface area contributed by atoms with Crippen molar-refractivity contribution in [2.45, 2.75) is 12.8 Å². The van der Waals surface area contributed by atoms with Crippen molar-refractivity contribution in [2.24, 2.45) is 0 Å². The van der Waals surface area contributed by atoms with Crippen LogP contribution in [0.15, 0.2) is 194 Å². The van der Waals surface area contributed by atoms with Crippen LogP contribution < -0.4 is 15.3 Å². The fourth-order valence-electron chi connectivity index (χ4n) is 8.96. The topological polar surface area (TPSA) is 8.17 Å². The Morgan fingerprint density at radius 2 is 0.804 bits per heavy atom. The molecular formula is C54H38N2. The number of rotatable bonds is 6. The van der Waals surface area contributed by atoms with Gasteiger partial charge in [0.05, 0.1) is 11.0 Å². The van der Waals surface area contributed by atoms with Gasteiger partial charge in [-0.2, -0.15) is 0 Å². The van der Waals surface area contributed by atoms with Crippen molar-refractivity contribution in [1.82, 2.24) is 4.57 Å². The summed E-state index contributed by atoms with van der Waals surface area (Å²) in [4.78, 5) is 2.41. The van der Waals surface area contributed by atoms with Gasteiger partial charge in [0.15, 0.2) is 0 Å². The maximum absolute atomic E-state index is 2.44. The minimum atomic E-state index is 1.07. The molecule has 0 atom stereocenters. The Morgan fingerprint density at radius 1 is 0.321 bits per heavy atom. The molecule has 2 nitrogen and oxygen atoms in total. The lowest BCUT2D eigenvalue weighted by Crippen LogP contribution is -2.28. The lowest BCUT2D eigenvalue weighted by atomic mass is 9.94. The van der Waals surface area contributed by atoms with Gasteiger partial charge < -0.3 is 9.47 Å². The molecule has 0 spiro atoms. The van der Waals surface area contributed by atoms with Crippen LogP contribution in [-0.4, -0.2) is 4.57 Å². The quantitative estimate of drug-likeness (QED) is 0.156. The number of fused-ring (bicyclic) bond motifs is 9. The zero-order valence-electron chi connectivity index (χ0n) is 30.9. The second kappa shape index (κ2) is 13.3. The number of hydrogen-bond donors (Lipinski definition) is 0. The van der Waals surface area contributed by atoms with E-state index in [4.69, 9.17) is 0 Å². The summed E-state index contributed by atoms with van der Waals surface area (Å²) in [5, 5.41) is 10.5. The van der Waals surface area contributed by atoms with Crippen LogP contribution in [-0.2, 0) is 0 Å². The minimum Gasteiger partial charge on any atom is -0.310 e. The molecule has 56 heavy (non-hydrogen) atoms. The van der Waals surface area contributed by atoms with Gasteiger partial charge in [0, 0.05) is 33.5 Å². The Balaban J connectivity index is 1.06. The van der Waals surface area contributed by atoms with Crippen molar-refractivity contribution in [2.75, 3.05) is 4.90 Å². The van der Waals surface area contributed by atoms with Crippen LogP contribution in [0.3, 0.4) is 0 Å². The van der Waals surface area contributed by atoms with Gasteiger partial charge in [0.1, 0.15) is 0 Å². The van der Waals surface area contributed by atoms with Crippen molar-refractivity contribution < 1.29 is 0 Å². The molecule has 2 heteroatoms.